The van der Waals surface area contributed by atoms with E-state index < -0.39 is 12.0 Å². The standard InChI is InChI=1S/C8H5Cl2F2NO/c9-1-5-6(8(11)12)7(10)4(3-14)2-13-5/h2-3,8H,1H2. The number of hydrogen-bond donors (Lipinski definition) is 0. The van der Waals surface area contributed by atoms with E-state index in [2.05, 4.69) is 4.98 Å². The van der Waals surface area contributed by atoms with Crippen LogP contribution in [0, 0.1) is 0 Å². The summed E-state index contributed by atoms with van der Waals surface area (Å²) in [6, 6.07) is 0. The highest BCUT2D eigenvalue weighted by Gasteiger charge is 2.20. The fraction of sp³-hybridized carbons (Fsp3) is 0.250. The predicted molar refractivity (Wildman–Crippen MR) is 49.1 cm³/mol. The van der Waals surface area contributed by atoms with Gasteiger partial charge in [-0.2, -0.15) is 0 Å². The molecule has 1 aromatic rings. The first-order valence-electron chi connectivity index (χ1n) is 3.58. The maximum atomic E-state index is 12.5. The van der Waals surface area contributed by atoms with Crippen LogP contribution in [0.15, 0.2) is 6.20 Å². The Morgan fingerprint density at radius 2 is 2.21 bits per heavy atom. The minimum atomic E-state index is -2.79. The Bertz CT molecular complexity index is 357. The molecular formula is C8H5Cl2F2NO. The summed E-state index contributed by atoms with van der Waals surface area (Å²) in [5.74, 6) is -0.168. The summed E-state index contributed by atoms with van der Waals surface area (Å²) in [6.45, 7) is 0. The number of alkyl halides is 3. The van der Waals surface area contributed by atoms with E-state index in [-0.39, 0.29) is 22.2 Å². The lowest BCUT2D eigenvalue weighted by molar-refractivity contribution is 0.112. The van der Waals surface area contributed by atoms with E-state index in [0.29, 0.717) is 6.29 Å². The molecule has 0 fully saturated rings. The molecule has 0 saturated heterocycles. The van der Waals surface area contributed by atoms with E-state index in [1.54, 1.807) is 0 Å². The number of halogens is 4. The van der Waals surface area contributed by atoms with Crippen molar-refractivity contribution in [3.63, 3.8) is 0 Å². The molecular weight excluding hydrogens is 235 g/mol. The van der Waals surface area contributed by atoms with Crippen molar-refractivity contribution in [2.45, 2.75) is 12.3 Å². The topological polar surface area (TPSA) is 30.0 Å². The largest absolute Gasteiger partial charge is 0.298 e. The minimum absolute atomic E-state index is 0.00253. The van der Waals surface area contributed by atoms with E-state index >= 15 is 0 Å². The molecule has 0 saturated carbocycles. The van der Waals surface area contributed by atoms with Gasteiger partial charge in [0.25, 0.3) is 6.43 Å². The highest BCUT2D eigenvalue weighted by molar-refractivity contribution is 6.33. The highest BCUT2D eigenvalue weighted by atomic mass is 35.5. The van der Waals surface area contributed by atoms with Crippen molar-refractivity contribution in [1.82, 2.24) is 4.98 Å². The van der Waals surface area contributed by atoms with E-state index in [1.807, 2.05) is 0 Å². The molecule has 1 heterocycles. The summed E-state index contributed by atoms with van der Waals surface area (Å²) in [7, 11) is 0. The fourth-order valence-electron chi connectivity index (χ4n) is 0.966. The molecule has 0 aliphatic heterocycles. The second-order valence-corrected chi connectivity index (χ2v) is 3.09. The average Bonchev–Trinajstić information content (AvgIpc) is 2.16. The number of rotatable bonds is 3. The van der Waals surface area contributed by atoms with Crippen LogP contribution >= 0.6 is 23.2 Å². The van der Waals surface area contributed by atoms with Gasteiger partial charge in [-0.15, -0.1) is 11.6 Å². The molecule has 1 rings (SSSR count). The van der Waals surface area contributed by atoms with Crippen LogP contribution in [0.25, 0.3) is 0 Å². The predicted octanol–water partition coefficient (Wildman–Crippen LogP) is 3.22. The van der Waals surface area contributed by atoms with Gasteiger partial charge in [-0.05, 0) is 0 Å². The van der Waals surface area contributed by atoms with Crippen LogP contribution in [0.3, 0.4) is 0 Å². The summed E-state index contributed by atoms with van der Waals surface area (Å²) < 4.78 is 25.0. The third-order valence-electron chi connectivity index (χ3n) is 1.63. The zero-order valence-corrected chi connectivity index (χ0v) is 8.32. The van der Waals surface area contributed by atoms with Crippen LogP contribution in [-0.4, -0.2) is 11.3 Å². The first kappa shape index (κ1) is 11.3. The Hall–Kier alpha value is -0.740. The lowest BCUT2D eigenvalue weighted by Gasteiger charge is -2.08. The van der Waals surface area contributed by atoms with Crippen molar-refractivity contribution >= 4 is 29.5 Å². The van der Waals surface area contributed by atoms with Gasteiger partial charge in [-0.3, -0.25) is 9.78 Å². The van der Waals surface area contributed by atoms with Gasteiger partial charge in [-0.1, -0.05) is 11.6 Å². The number of aromatic nitrogens is 1. The van der Waals surface area contributed by atoms with Crippen LogP contribution < -0.4 is 0 Å². The SMILES string of the molecule is O=Cc1cnc(CCl)c(C(F)F)c1Cl. The van der Waals surface area contributed by atoms with Gasteiger partial charge < -0.3 is 0 Å². The van der Waals surface area contributed by atoms with Crippen LogP contribution in [0.2, 0.25) is 5.02 Å². The Morgan fingerprint density at radius 1 is 1.57 bits per heavy atom. The third kappa shape index (κ3) is 2.01. The summed E-state index contributed by atoms with van der Waals surface area (Å²) >= 11 is 11.0. The molecule has 0 bridgehead atoms. The molecule has 2 nitrogen and oxygen atoms in total. The second kappa shape index (κ2) is 4.66. The fourth-order valence-corrected chi connectivity index (χ4v) is 1.46. The Morgan fingerprint density at radius 3 is 2.64 bits per heavy atom. The Labute approximate surface area is 88.8 Å². The number of carbonyl (C=O) groups excluding carboxylic acids is 1. The molecule has 0 aromatic carbocycles. The van der Waals surface area contributed by atoms with Crippen molar-refractivity contribution < 1.29 is 13.6 Å². The minimum Gasteiger partial charge on any atom is -0.298 e. The Kier molecular flexibility index (Phi) is 3.77. The van der Waals surface area contributed by atoms with Gasteiger partial charge in [0.05, 0.1) is 27.7 Å². The van der Waals surface area contributed by atoms with Gasteiger partial charge in [0, 0.05) is 6.20 Å². The molecule has 0 amide bonds. The number of carbonyl (C=O) groups is 1. The van der Waals surface area contributed by atoms with E-state index in [9.17, 15) is 13.6 Å². The number of nitrogens with zero attached hydrogens (tertiary/aromatic N) is 1. The molecule has 0 spiro atoms. The van der Waals surface area contributed by atoms with E-state index in [4.69, 9.17) is 23.2 Å². The maximum Gasteiger partial charge on any atom is 0.267 e. The molecule has 0 atom stereocenters. The van der Waals surface area contributed by atoms with Crippen molar-refractivity contribution in [3.05, 3.63) is 28.0 Å². The normalized spacial score (nSPS) is 10.6. The summed E-state index contributed by atoms with van der Waals surface area (Å²) in [4.78, 5) is 14.0. The number of hydrogen-bond acceptors (Lipinski definition) is 2. The molecule has 6 heteroatoms. The van der Waals surface area contributed by atoms with Gasteiger partial charge in [0.2, 0.25) is 0 Å². The molecule has 14 heavy (non-hydrogen) atoms. The quantitative estimate of drug-likeness (QED) is 0.599. The summed E-state index contributed by atoms with van der Waals surface area (Å²) in [5, 5.41) is -0.277. The van der Waals surface area contributed by atoms with Gasteiger partial charge >= 0.3 is 0 Å². The smallest absolute Gasteiger partial charge is 0.267 e. The van der Waals surface area contributed by atoms with Crippen molar-refractivity contribution in [2.75, 3.05) is 0 Å². The van der Waals surface area contributed by atoms with Crippen LogP contribution in [-0.2, 0) is 5.88 Å². The van der Waals surface area contributed by atoms with E-state index in [1.165, 1.54) is 0 Å². The van der Waals surface area contributed by atoms with Crippen molar-refractivity contribution in [3.8, 4) is 0 Å². The van der Waals surface area contributed by atoms with Crippen LogP contribution in [0.4, 0.5) is 8.78 Å². The zero-order chi connectivity index (χ0) is 10.7. The molecule has 0 aliphatic rings. The highest BCUT2D eigenvalue weighted by Crippen LogP contribution is 2.31. The molecule has 0 unspecified atom stereocenters. The Balaban J connectivity index is 3.38. The first-order chi connectivity index (χ1) is 6.61. The lowest BCUT2D eigenvalue weighted by Crippen LogP contribution is -2.00. The zero-order valence-electron chi connectivity index (χ0n) is 6.81. The molecule has 0 radical (unpaired) electrons. The maximum absolute atomic E-state index is 12.5. The van der Waals surface area contributed by atoms with Gasteiger partial charge in [0.1, 0.15) is 0 Å². The molecule has 76 valence electrons. The van der Waals surface area contributed by atoms with Crippen molar-refractivity contribution in [2.24, 2.45) is 0 Å². The van der Waals surface area contributed by atoms with Crippen LogP contribution in [0.1, 0.15) is 28.0 Å². The first-order valence-corrected chi connectivity index (χ1v) is 4.49. The van der Waals surface area contributed by atoms with Crippen molar-refractivity contribution in [1.29, 1.82) is 0 Å². The van der Waals surface area contributed by atoms with E-state index in [0.717, 1.165) is 6.20 Å². The van der Waals surface area contributed by atoms with Gasteiger partial charge in [-0.25, -0.2) is 8.78 Å². The summed E-state index contributed by atoms with van der Waals surface area (Å²) in [5.41, 5.74) is -0.528. The van der Waals surface area contributed by atoms with Crippen LogP contribution in [0.5, 0.6) is 0 Å². The molecule has 0 aliphatic carbocycles. The number of pyridine rings is 1. The second-order valence-electron chi connectivity index (χ2n) is 2.44. The van der Waals surface area contributed by atoms with Gasteiger partial charge in [0.15, 0.2) is 6.29 Å². The molecule has 0 N–H and O–H groups in total. The third-order valence-corrected chi connectivity index (χ3v) is 2.31. The lowest BCUT2D eigenvalue weighted by atomic mass is 10.1. The monoisotopic (exact) mass is 239 g/mol. The average molecular weight is 240 g/mol. The number of aldehydes is 1. The summed E-state index contributed by atoms with van der Waals surface area (Å²) in [6.07, 6.45) is -1.29. The molecule has 1 aromatic heterocycles.